The predicted molar refractivity (Wildman–Crippen MR) is 118 cm³/mol. The van der Waals surface area contributed by atoms with Crippen molar-refractivity contribution in [3.8, 4) is 6.07 Å². The molecule has 0 heterocycles. The van der Waals surface area contributed by atoms with Gasteiger partial charge in [-0.1, -0.05) is 43.3 Å². The Hall–Kier alpha value is -3.59. The molecule has 156 valence electrons. The summed E-state index contributed by atoms with van der Waals surface area (Å²) in [5, 5.41) is 12.1. The Balaban J connectivity index is 1.92. The van der Waals surface area contributed by atoms with E-state index in [0.29, 0.717) is 5.56 Å². The van der Waals surface area contributed by atoms with Crippen LogP contribution in [-0.4, -0.2) is 32.6 Å². The van der Waals surface area contributed by atoms with Gasteiger partial charge in [0.2, 0.25) is 0 Å². The van der Waals surface area contributed by atoms with E-state index < -0.39 is 18.5 Å². The van der Waals surface area contributed by atoms with Gasteiger partial charge in [0.05, 0.1) is 6.04 Å². The van der Waals surface area contributed by atoms with E-state index in [-0.39, 0.29) is 11.6 Å². The van der Waals surface area contributed by atoms with Crippen LogP contribution in [0.15, 0.2) is 54.1 Å². The molecule has 0 unspecified atom stereocenters. The third-order valence-corrected chi connectivity index (χ3v) is 4.66. The molecule has 1 amide bonds. The van der Waals surface area contributed by atoms with Gasteiger partial charge in [-0.3, -0.25) is 4.79 Å². The first kappa shape index (κ1) is 22.7. The number of hydrogen-bond acceptors (Lipinski definition) is 5. The lowest BCUT2D eigenvalue weighted by molar-refractivity contribution is -0.144. The zero-order valence-electron chi connectivity index (χ0n) is 17.8. The van der Waals surface area contributed by atoms with Gasteiger partial charge >= 0.3 is 5.97 Å². The van der Waals surface area contributed by atoms with Gasteiger partial charge in [-0.05, 0) is 48.2 Å². The number of anilines is 1. The van der Waals surface area contributed by atoms with E-state index >= 15 is 0 Å². The number of nitrogens with zero attached hydrogens (tertiary/aromatic N) is 2. The quantitative estimate of drug-likeness (QED) is 0.412. The van der Waals surface area contributed by atoms with Crippen molar-refractivity contribution in [3.63, 3.8) is 0 Å². The summed E-state index contributed by atoms with van der Waals surface area (Å²) in [6, 6.07) is 17.0. The van der Waals surface area contributed by atoms with Crippen molar-refractivity contribution in [1.29, 1.82) is 5.26 Å². The number of carbonyl (C=O) groups is 2. The molecule has 0 aliphatic carbocycles. The van der Waals surface area contributed by atoms with Crippen molar-refractivity contribution in [2.24, 2.45) is 0 Å². The molecule has 0 aromatic heterocycles. The molecule has 0 aliphatic heterocycles. The van der Waals surface area contributed by atoms with Crippen LogP contribution >= 0.6 is 0 Å². The lowest BCUT2D eigenvalue weighted by atomic mass is 10.1. The smallest absolute Gasteiger partial charge is 0.349 e. The molecule has 2 aromatic carbocycles. The Labute approximate surface area is 177 Å². The molecule has 30 heavy (non-hydrogen) atoms. The van der Waals surface area contributed by atoms with Gasteiger partial charge in [0.25, 0.3) is 5.91 Å². The molecule has 0 radical (unpaired) electrons. The van der Waals surface area contributed by atoms with Crippen LogP contribution in [-0.2, 0) is 20.7 Å². The van der Waals surface area contributed by atoms with Crippen molar-refractivity contribution < 1.29 is 14.3 Å². The lowest BCUT2D eigenvalue weighted by Gasteiger charge is -2.15. The highest BCUT2D eigenvalue weighted by atomic mass is 16.5. The van der Waals surface area contributed by atoms with E-state index in [4.69, 9.17) is 4.74 Å². The molecule has 2 rings (SSSR count). The SMILES string of the molecule is CCc1ccc([C@@H](C)NC(=O)COC(=O)/C(C#N)=C/c2ccc(N(C)C)cc2)cc1. The first-order valence-electron chi connectivity index (χ1n) is 9.78. The summed E-state index contributed by atoms with van der Waals surface area (Å²) in [5.41, 5.74) is 3.72. The Kier molecular flexibility index (Phi) is 8.18. The Bertz CT molecular complexity index is 939. The first-order chi connectivity index (χ1) is 14.3. The van der Waals surface area contributed by atoms with E-state index in [9.17, 15) is 14.9 Å². The average molecular weight is 405 g/mol. The molecule has 1 N–H and O–H groups in total. The maximum atomic E-state index is 12.2. The number of amides is 1. The summed E-state index contributed by atoms with van der Waals surface area (Å²) in [6.45, 7) is 3.49. The minimum atomic E-state index is -0.829. The molecule has 0 fully saturated rings. The summed E-state index contributed by atoms with van der Waals surface area (Å²) >= 11 is 0. The van der Waals surface area contributed by atoms with Crippen LogP contribution in [0.2, 0.25) is 0 Å². The monoisotopic (exact) mass is 405 g/mol. The normalized spacial score (nSPS) is 11.9. The fourth-order valence-corrected chi connectivity index (χ4v) is 2.79. The number of benzene rings is 2. The fourth-order valence-electron chi connectivity index (χ4n) is 2.79. The molecule has 2 aromatic rings. The van der Waals surface area contributed by atoms with E-state index in [2.05, 4.69) is 12.2 Å². The van der Waals surface area contributed by atoms with Crippen LogP contribution in [0, 0.1) is 11.3 Å². The number of rotatable bonds is 8. The van der Waals surface area contributed by atoms with Gasteiger partial charge in [0, 0.05) is 19.8 Å². The van der Waals surface area contributed by atoms with Crippen molar-refractivity contribution in [2.75, 3.05) is 25.6 Å². The van der Waals surface area contributed by atoms with Crippen molar-refractivity contribution in [2.45, 2.75) is 26.3 Å². The number of hydrogen-bond donors (Lipinski definition) is 1. The van der Waals surface area contributed by atoms with E-state index in [1.807, 2.05) is 68.4 Å². The molecule has 6 heteroatoms. The lowest BCUT2D eigenvalue weighted by Crippen LogP contribution is -2.31. The molecule has 6 nitrogen and oxygen atoms in total. The summed E-state index contributed by atoms with van der Waals surface area (Å²) in [4.78, 5) is 26.3. The average Bonchev–Trinajstić information content (AvgIpc) is 2.76. The molecular weight excluding hydrogens is 378 g/mol. The second kappa shape index (κ2) is 10.8. The van der Waals surface area contributed by atoms with Crippen LogP contribution in [0.5, 0.6) is 0 Å². The topological polar surface area (TPSA) is 82.4 Å². The highest BCUT2D eigenvalue weighted by Gasteiger charge is 2.15. The van der Waals surface area contributed by atoms with Crippen molar-refractivity contribution in [3.05, 3.63) is 70.8 Å². The maximum Gasteiger partial charge on any atom is 0.349 e. The number of esters is 1. The standard InChI is InChI=1S/C24H27N3O3/c1-5-18-6-10-20(11-7-18)17(2)26-23(28)16-30-24(29)21(15-25)14-19-8-12-22(13-9-19)27(3)4/h6-14,17H,5,16H2,1-4H3,(H,26,28)/b21-14+/t17-/m1/s1. The van der Waals surface area contributed by atoms with Crippen LogP contribution in [0.1, 0.15) is 36.6 Å². The number of carbonyl (C=O) groups excluding carboxylic acids is 2. The van der Waals surface area contributed by atoms with E-state index in [1.165, 1.54) is 11.6 Å². The Morgan fingerprint density at radius 1 is 1.13 bits per heavy atom. The van der Waals surface area contributed by atoms with Crippen molar-refractivity contribution in [1.82, 2.24) is 5.32 Å². The van der Waals surface area contributed by atoms with E-state index in [0.717, 1.165) is 17.7 Å². The third kappa shape index (κ3) is 6.49. The summed E-state index contributed by atoms with van der Waals surface area (Å²) in [6.07, 6.45) is 2.39. The van der Waals surface area contributed by atoms with Gasteiger partial charge in [-0.2, -0.15) is 5.26 Å². The Morgan fingerprint density at radius 3 is 2.30 bits per heavy atom. The van der Waals surface area contributed by atoms with Crippen LogP contribution in [0.4, 0.5) is 5.69 Å². The third-order valence-electron chi connectivity index (χ3n) is 4.66. The Morgan fingerprint density at radius 2 is 1.77 bits per heavy atom. The largest absolute Gasteiger partial charge is 0.451 e. The van der Waals surface area contributed by atoms with Gasteiger partial charge in [0.15, 0.2) is 6.61 Å². The molecule has 0 spiro atoms. The van der Waals surface area contributed by atoms with Gasteiger partial charge in [-0.25, -0.2) is 4.79 Å². The predicted octanol–water partition coefficient (Wildman–Crippen LogP) is 3.64. The maximum absolute atomic E-state index is 12.2. The number of ether oxygens (including phenoxy) is 1. The minimum absolute atomic E-state index is 0.163. The molecular formula is C24H27N3O3. The van der Waals surface area contributed by atoms with Gasteiger partial charge in [0.1, 0.15) is 11.6 Å². The zero-order valence-corrected chi connectivity index (χ0v) is 17.8. The van der Waals surface area contributed by atoms with Crippen molar-refractivity contribution >= 4 is 23.6 Å². The molecule has 0 bridgehead atoms. The minimum Gasteiger partial charge on any atom is -0.451 e. The molecule has 0 aliphatic rings. The number of nitrogens with one attached hydrogen (secondary N) is 1. The number of aryl methyl sites for hydroxylation is 1. The molecule has 0 saturated heterocycles. The summed E-state index contributed by atoms with van der Waals surface area (Å²) in [7, 11) is 3.85. The first-order valence-corrected chi connectivity index (χ1v) is 9.78. The second-order valence-corrected chi connectivity index (χ2v) is 7.12. The fraction of sp³-hybridized carbons (Fsp3) is 0.292. The molecule has 0 saturated carbocycles. The second-order valence-electron chi connectivity index (χ2n) is 7.12. The molecule has 1 atom stereocenters. The summed E-state index contributed by atoms with van der Waals surface area (Å²) < 4.78 is 5.01. The summed E-state index contributed by atoms with van der Waals surface area (Å²) in [5.74, 6) is -1.26. The number of nitriles is 1. The van der Waals surface area contributed by atoms with Crippen LogP contribution < -0.4 is 10.2 Å². The van der Waals surface area contributed by atoms with Gasteiger partial charge < -0.3 is 15.0 Å². The van der Waals surface area contributed by atoms with E-state index in [1.54, 1.807) is 12.1 Å². The highest BCUT2D eigenvalue weighted by molar-refractivity contribution is 5.98. The highest BCUT2D eigenvalue weighted by Crippen LogP contribution is 2.16. The zero-order chi connectivity index (χ0) is 22.1. The van der Waals surface area contributed by atoms with Crippen LogP contribution in [0.25, 0.3) is 6.08 Å². The van der Waals surface area contributed by atoms with Gasteiger partial charge in [-0.15, -0.1) is 0 Å². The van der Waals surface area contributed by atoms with Crippen LogP contribution in [0.3, 0.4) is 0 Å².